The van der Waals surface area contributed by atoms with Gasteiger partial charge in [0.05, 0.1) is 11.0 Å². The summed E-state index contributed by atoms with van der Waals surface area (Å²) in [5.74, 6) is -0.464. The van der Waals surface area contributed by atoms with Crippen LogP contribution in [0.5, 0.6) is 11.6 Å². The number of non-ortho nitro benzene ring substituents is 1. The highest BCUT2D eigenvalue weighted by Gasteiger charge is 2.25. The van der Waals surface area contributed by atoms with Gasteiger partial charge in [0.1, 0.15) is 10.6 Å². The molecule has 32 heavy (non-hydrogen) atoms. The highest BCUT2D eigenvalue weighted by molar-refractivity contribution is 7.89. The molecule has 174 valence electrons. The maximum absolute atomic E-state index is 12.7. The Labute approximate surface area is 185 Å². The average molecular weight is 468 g/mol. The lowest BCUT2D eigenvalue weighted by atomic mass is 10.2. The van der Waals surface area contributed by atoms with E-state index in [-0.39, 0.29) is 34.9 Å². The number of hydrogen-bond donors (Lipinski definition) is 2. The number of aromatic nitrogens is 2. The van der Waals surface area contributed by atoms with Gasteiger partial charge in [-0.25, -0.2) is 17.8 Å². The summed E-state index contributed by atoms with van der Waals surface area (Å²) in [5.41, 5.74) is -0.315. The lowest BCUT2D eigenvalue weighted by molar-refractivity contribution is -0.385. The maximum atomic E-state index is 12.7. The summed E-state index contributed by atoms with van der Waals surface area (Å²) < 4.78 is 40.2. The molecular weight excluding hydrogens is 442 g/mol. The molecule has 0 saturated carbocycles. The van der Waals surface area contributed by atoms with E-state index in [2.05, 4.69) is 15.1 Å². The van der Waals surface area contributed by atoms with Crippen LogP contribution in [0.1, 0.15) is 36.7 Å². The molecule has 0 bridgehead atoms. The van der Waals surface area contributed by atoms with Crippen molar-refractivity contribution < 1.29 is 27.6 Å². The van der Waals surface area contributed by atoms with E-state index in [4.69, 9.17) is 9.47 Å². The Bertz CT molecular complexity index is 1090. The second-order valence-corrected chi connectivity index (χ2v) is 8.96. The molecule has 13 heteroatoms. The lowest BCUT2D eigenvalue weighted by Gasteiger charge is -2.12. The fourth-order valence-electron chi connectivity index (χ4n) is 3.09. The van der Waals surface area contributed by atoms with E-state index in [9.17, 15) is 23.3 Å². The Morgan fingerprint density at radius 2 is 2.19 bits per heavy atom. The van der Waals surface area contributed by atoms with Gasteiger partial charge in [0.15, 0.2) is 5.69 Å². The molecule has 0 spiro atoms. The number of hydrogen-bond acceptors (Lipinski definition) is 8. The van der Waals surface area contributed by atoms with Gasteiger partial charge in [0.2, 0.25) is 15.9 Å². The number of rotatable bonds is 10. The molecule has 1 aliphatic heterocycles. The van der Waals surface area contributed by atoms with Crippen molar-refractivity contribution in [3.8, 4) is 11.6 Å². The highest BCUT2D eigenvalue weighted by Crippen LogP contribution is 2.32. The first-order chi connectivity index (χ1) is 15.2. The Morgan fingerprint density at radius 3 is 2.84 bits per heavy atom. The van der Waals surface area contributed by atoms with Crippen LogP contribution in [0.15, 0.2) is 29.2 Å². The number of benzene rings is 1. The van der Waals surface area contributed by atoms with Gasteiger partial charge in [-0.15, -0.1) is 0 Å². The molecule has 3 rings (SSSR count). The number of aryl methyl sites for hydroxylation is 1. The van der Waals surface area contributed by atoms with Crippen LogP contribution in [0, 0.1) is 10.1 Å². The van der Waals surface area contributed by atoms with Crippen molar-refractivity contribution in [3.63, 3.8) is 0 Å². The second-order valence-electron chi connectivity index (χ2n) is 7.22. The second kappa shape index (κ2) is 10.1. The lowest BCUT2D eigenvalue weighted by Crippen LogP contribution is -2.32. The Hall–Kier alpha value is -3.03. The topological polar surface area (TPSA) is 155 Å². The number of nitrogens with one attached hydrogen (secondary N) is 2. The zero-order valence-electron chi connectivity index (χ0n) is 17.7. The van der Waals surface area contributed by atoms with Crippen LogP contribution in [-0.2, 0) is 21.8 Å². The minimum absolute atomic E-state index is 0.0260. The molecule has 12 nitrogen and oxygen atoms in total. The summed E-state index contributed by atoms with van der Waals surface area (Å²) in [6, 6.07) is 4.63. The predicted octanol–water partition coefficient (Wildman–Crippen LogP) is 1.72. The molecule has 1 amide bonds. The number of carbonyl (C=O) groups is 1. The highest BCUT2D eigenvalue weighted by atomic mass is 32.2. The van der Waals surface area contributed by atoms with Crippen LogP contribution in [0.25, 0.3) is 0 Å². The number of sulfonamides is 1. The average Bonchev–Trinajstić information content (AvgIpc) is 3.40. The van der Waals surface area contributed by atoms with E-state index in [1.54, 1.807) is 6.92 Å². The van der Waals surface area contributed by atoms with Crippen molar-refractivity contribution in [2.24, 2.45) is 7.05 Å². The van der Waals surface area contributed by atoms with Gasteiger partial charge in [0.25, 0.3) is 11.6 Å². The number of nitrogens with zero attached hydrogens (tertiary/aromatic N) is 3. The smallest absolute Gasteiger partial charge is 0.272 e. The number of nitro groups is 1. The van der Waals surface area contributed by atoms with E-state index in [1.165, 1.54) is 23.9 Å². The van der Waals surface area contributed by atoms with E-state index < -0.39 is 26.5 Å². The van der Waals surface area contributed by atoms with Gasteiger partial charge >= 0.3 is 0 Å². The molecule has 1 atom stereocenters. The molecule has 0 radical (unpaired) electrons. The van der Waals surface area contributed by atoms with Gasteiger partial charge < -0.3 is 14.8 Å². The maximum Gasteiger partial charge on any atom is 0.272 e. The molecular formula is C19H25N5O7S. The number of nitro benzene ring substituents is 1. The summed E-state index contributed by atoms with van der Waals surface area (Å²) in [4.78, 5) is 22.5. The first kappa shape index (κ1) is 23.6. The third-order valence-electron chi connectivity index (χ3n) is 4.77. The molecule has 1 aromatic heterocycles. The van der Waals surface area contributed by atoms with E-state index in [0.29, 0.717) is 19.6 Å². The third kappa shape index (κ3) is 5.60. The van der Waals surface area contributed by atoms with Gasteiger partial charge in [-0.1, -0.05) is 6.92 Å². The van der Waals surface area contributed by atoms with Crippen LogP contribution in [-0.4, -0.2) is 54.8 Å². The zero-order valence-corrected chi connectivity index (χ0v) is 18.6. The predicted molar refractivity (Wildman–Crippen MR) is 113 cm³/mol. The third-order valence-corrected chi connectivity index (χ3v) is 6.25. The van der Waals surface area contributed by atoms with Gasteiger partial charge in [-0.05, 0) is 25.3 Å². The largest absolute Gasteiger partial charge is 0.438 e. The van der Waals surface area contributed by atoms with Crippen molar-refractivity contribution in [2.45, 2.75) is 37.2 Å². The number of ether oxygens (including phenoxy) is 2. The summed E-state index contributed by atoms with van der Waals surface area (Å²) in [5, 5.41) is 18.0. The Morgan fingerprint density at radius 1 is 1.41 bits per heavy atom. The zero-order chi connectivity index (χ0) is 23.3. The van der Waals surface area contributed by atoms with E-state index in [0.717, 1.165) is 25.0 Å². The summed E-state index contributed by atoms with van der Waals surface area (Å²) in [7, 11) is -2.54. The normalized spacial score (nSPS) is 16.1. The standard InChI is InChI=1S/C19H25N5O7S/c1-3-8-21-32(28,29)17-10-13(24(26)27)6-7-16(17)31-18-11-15(22-23(18)2)19(25)20-12-14-5-4-9-30-14/h6-7,10-11,14,21H,3-5,8-9,12H2,1-2H3,(H,20,25)/t14-/m1/s1. The van der Waals surface area contributed by atoms with Crippen LogP contribution < -0.4 is 14.8 Å². The molecule has 1 saturated heterocycles. The van der Waals surface area contributed by atoms with Crippen LogP contribution in [0.3, 0.4) is 0 Å². The van der Waals surface area contributed by atoms with Crippen molar-refractivity contribution in [2.75, 3.05) is 19.7 Å². The molecule has 2 N–H and O–H groups in total. The fourth-order valence-corrected chi connectivity index (χ4v) is 4.37. The van der Waals surface area contributed by atoms with Crippen molar-refractivity contribution in [1.29, 1.82) is 0 Å². The summed E-state index contributed by atoms with van der Waals surface area (Å²) >= 11 is 0. The molecule has 2 heterocycles. The van der Waals surface area contributed by atoms with Crippen molar-refractivity contribution >= 4 is 21.6 Å². The molecule has 1 aliphatic rings. The van der Waals surface area contributed by atoms with Crippen molar-refractivity contribution in [1.82, 2.24) is 19.8 Å². The monoisotopic (exact) mass is 467 g/mol. The molecule has 2 aromatic rings. The Balaban J connectivity index is 1.83. The molecule has 1 fully saturated rings. The van der Waals surface area contributed by atoms with Gasteiger partial charge in [-0.3, -0.25) is 14.9 Å². The summed E-state index contributed by atoms with van der Waals surface area (Å²) in [6.45, 7) is 2.98. The fraction of sp³-hybridized carbons (Fsp3) is 0.474. The SMILES string of the molecule is CCCNS(=O)(=O)c1cc([N+](=O)[O-])ccc1Oc1cc(C(=O)NC[C@H]2CCCO2)nn1C. The number of amides is 1. The summed E-state index contributed by atoms with van der Waals surface area (Å²) in [6.07, 6.45) is 2.34. The van der Waals surface area contributed by atoms with Crippen LogP contribution in [0.2, 0.25) is 0 Å². The minimum Gasteiger partial charge on any atom is -0.438 e. The van der Waals surface area contributed by atoms with E-state index >= 15 is 0 Å². The number of carbonyl (C=O) groups excluding carboxylic acids is 1. The van der Waals surface area contributed by atoms with Crippen LogP contribution >= 0.6 is 0 Å². The quantitative estimate of drug-likeness (QED) is 0.395. The first-order valence-corrected chi connectivity index (χ1v) is 11.6. The molecule has 0 unspecified atom stereocenters. The minimum atomic E-state index is -4.07. The van der Waals surface area contributed by atoms with Gasteiger partial charge in [0, 0.05) is 44.9 Å². The van der Waals surface area contributed by atoms with Crippen LogP contribution in [0.4, 0.5) is 5.69 Å². The molecule has 0 aliphatic carbocycles. The first-order valence-electron chi connectivity index (χ1n) is 10.1. The van der Waals surface area contributed by atoms with Gasteiger partial charge in [-0.2, -0.15) is 5.10 Å². The van der Waals surface area contributed by atoms with E-state index in [1.807, 2.05) is 0 Å². The molecule has 1 aromatic carbocycles. The van der Waals surface area contributed by atoms with Crippen molar-refractivity contribution in [3.05, 3.63) is 40.1 Å². The Kier molecular flexibility index (Phi) is 7.43.